The van der Waals surface area contributed by atoms with Crippen molar-refractivity contribution in [1.82, 2.24) is 0 Å². The van der Waals surface area contributed by atoms with Crippen molar-refractivity contribution in [3.05, 3.63) is 44.3 Å². The third-order valence-electron chi connectivity index (χ3n) is 2.45. The summed E-state index contributed by atoms with van der Waals surface area (Å²) in [6, 6.07) is 5.33. The van der Waals surface area contributed by atoms with Gasteiger partial charge in [0.25, 0.3) is 10.0 Å². The summed E-state index contributed by atoms with van der Waals surface area (Å²) < 4.78 is 40.5. The highest BCUT2D eigenvalue weighted by Crippen LogP contribution is 2.33. The first-order valence-electron chi connectivity index (χ1n) is 5.51. The Morgan fingerprint density at radius 1 is 1.35 bits per heavy atom. The number of hydrogen-bond acceptors (Lipinski definition) is 4. The molecule has 1 aromatic heterocycles. The molecule has 0 amide bonds. The summed E-state index contributed by atoms with van der Waals surface area (Å²) in [5.41, 5.74) is 0.772. The van der Waals surface area contributed by atoms with E-state index >= 15 is 0 Å². The molecule has 8 heteroatoms. The molecule has 108 valence electrons. The maximum absolute atomic E-state index is 13.3. The van der Waals surface area contributed by atoms with E-state index in [0.29, 0.717) is 14.2 Å². The molecular formula is C12H11BrFNO3S2. The number of benzene rings is 1. The number of sulfonamides is 1. The highest BCUT2D eigenvalue weighted by Gasteiger charge is 2.21. The minimum absolute atomic E-state index is 0.0217. The molecule has 0 aliphatic rings. The monoisotopic (exact) mass is 379 g/mol. The normalized spacial score (nSPS) is 11.6. The van der Waals surface area contributed by atoms with Crippen LogP contribution in [0, 0.1) is 12.7 Å². The van der Waals surface area contributed by atoms with Gasteiger partial charge < -0.3 is 5.11 Å². The van der Waals surface area contributed by atoms with E-state index in [9.17, 15) is 12.8 Å². The molecule has 0 aliphatic heterocycles. The fourth-order valence-corrected chi connectivity index (χ4v) is 5.25. The van der Waals surface area contributed by atoms with Gasteiger partial charge in [0.15, 0.2) is 0 Å². The van der Waals surface area contributed by atoms with Crippen LogP contribution in [0.25, 0.3) is 0 Å². The van der Waals surface area contributed by atoms with E-state index in [-0.39, 0.29) is 17.2 Å². The Morgan fingerprint density at radius 3 is 2.60 bits per heavy atom. The number of hydrogen-bond donors (Lipinski definition) is 2. The van der Waals surface area contributed by atoms with E-state index in [0.717, 1.165) is 17.4 Å². The smallest absolute Gasteiger partial charge is 0.263 e. The zero-order chi connectivity index (χ0) is 14.9. The van der Waals surface area contributed by atoms with E-state index in [1.807, 2.05) is 0 Å². The molecule has 0 atom stereocenters. The number of aliphatic hydroxyl groups is 1. The van der Waals surface area contributed by atoms with Crippen molar-refractivity contribution in [3.8, 4) is 0 Å². The van der Waals surface area contributed by atoms with E-state index in [1.54, 1.807) is 6.92 Å². The predicted molar refractivity (Wildman–Crippen MR) is 79.9 cm³/mol. The van der Waals surface area contributed by atoms with Crippen LogP contribution in [0.15, 0.2) is 32.9 Å². The van der Waals surface area contributed by atoms with Gasteiger partial charge in [-0.05, 0) is 52.7 Å². The zero-order valence-electron chi connectivity index (χ0n) is 10.4. The first-order valence-corrected chi connectivity index (χ1v) is 8.60. The number of anilines is 1. The quantitative estimate of drug-likeness (QED) is 0.856. The fraction of sp³-hybridized carbons (Fsp3) is 0.167. The summed E-state index contributed by atoms with van der Waals surface area (Å²) in [5.74, 6) is -0.511. The lowest BCUT2D eigenvalue weighted by Crippen LogP contribution is -2.13. The van der Waals surface area contributed by atoms with Crippen LogP contribution in [-0.2, 0) is 16.6 Å². The predicted octanol–water partition coefficient (Wildman–Crippen LogP) is 3.25. The van der Waals surface area contributed by atoms with Gasteiger partial charge in [-0.25, -0.2) is 12.8 Å². The topological polar surface area (TPSA) is 66.4 Å². The number of aliphatic hydroxyl groups excluding tert-OH is 1. The maximum Gasteiger partial charge on any atom is 0.263 e. The second-order valence-electron chi connectivity index (χ2n) is 4.13. The van der Waals surface area contributed by atoms with Crippen molar-refractivity contribution in [2.75, 3.05) is 4.72 Å². The van der Waals surface area contributed by atoms with Crippen LogP contribution in [0.3, 0.4) is 0 Å². The molecule has 1 aromatic carbocycles. The van der Waals surface area contributed by atoms with Crippen molar-refractivity contribution < 1.29 is 17.9 Å². The van der Waals surface area contributed by atoms with Crippen LogP contribution in [-0.4, -0.2) is 13.5 Å². The van der Waals surface area contributed by atoms with Gasteiger partial charge in [-0.2, -0.15) is 0 Å². The van der Waals surface area contributed by atoms with Crippen LogP contribution in [0.2, 0.25) is 0 Å². The average molecular weight is 380 g/mol. The third-order valence-corrected chi connectivity index (χ3v) is 6.06. The number of thiophene rings is 1. The number of nitrogens with one attached hydrogen (secondary N) is 1. The van der Waals surface area contributed by atoms with Gasteiger partial charge in [-0.15, -0.1) is 11.3 Å². The molecule has 1 heterocycles. The second-order valence-corrected chi connectivity index (χ2v) is 8.24. The van der Waals surface area contributed by atoms with Crippen LogP contribution in [0.4, 0.5) is 10.1 Å². The minimum atomic E-state index is -3.83. The van der Waals surface area contributed by atoms with Gasteiger partial charge in [0.2, 0.25) is 0 Å². The standard InChI is InChI=1S/C12H11BrFNO3S2/c1-7-2-8(14)4-9(3-7)15-20(17,18)11-5-10(6-16)19-12(11)13/h2-5,15-16H,6H2,1H3. The molecular weight excluding hydrogens is 369 g/mol. The van der Waals surface area contributed by atoms with Gasteiger partial charge in [0.1, 0.15) is 10.7 Å². The van der Waals surface area contributed by atoms with Crippen LogP contribution in [0.1, 0.15) is 10.4 Å². The van der Waals surface area contributed by atoms with Gasteiger partial charge in [0, 0.05) is 4.88 Å². The Bertz CT molecular complexity index is 723. The van der Waals surface area contributed by atoms with Crippen molar-refractivity contribution in [2.24, 2.45) is 0 Å². The Kier molecular flexibility index (Phi) is 4.48. The number of rotatable bonds is 4. The summed E-state index contributed by atoms with van der Waals surface area (Å²) in [6.45, 7) is 1.43. The third kappa shape index (κ3) is 3.38. The van der Waals surface area contributed by atoms with Gasteiger partial charge in [0.05, 0.1) is 16.1 Å². The number of aryl methyl sites for hydroxylation is 1. The summed E-state index contributed by atoms with van der Waals surface area (Å²) in [5, 5.41) is 9.03. The molecule has 0 aliphatic carbocycles. The molecule has 2 aromatic rings. The van der Waals surface area contributed by atoms with E-state index in [1.165, 1.54) is 18.2 Å². The Labute approximate surface area is 128 Å². The van der Waals surface area contributed by atoms with Crippen LogP contribution < -0.4 is 4.72 Å². The Hall–Kier alpha value is -0.960. The number of halogens is 2. The molecule has 0 fully saturated rings. The van der Waals surface area contributed by atoms with E-state index in [2.05, 4.69) is 20.7 Å². The molecule has 20 heavy (non-hydrogen) atoms. The van der Waals surface area contributed by atoms with Gasteiger partial charge in [-0.1, -0.05) is 0 Å². The largest absolute Gasteiger partial charge is 0.391 e. The van der Waals surface area contributed by atoms with Crippen LogP contribution in [0.5, 0.6) is 0 Å². The molecule has 0 bridgehead atoms. The minimum Gasteiger partial charge on any atom is -0.391 e. The molecule has 0 saturated carbocycles. The van der Waals surface area contributed by atoms with Crippen molar-refractivity contribution in [1.29, 1.82) is 0 Å². The van der Waals surface area contributed by atoms with E-state index in [4.69, 9.17) is 5.11 Å². The molecule has 0 spiro atoms. The van der Waals surface area contributed by atoms with Crippen molar-refractivity contribution in [3.63, 3.8) is 0 Å². The van der Waals surface area contributed by atoms with Crippen molar-refractivity contribution >= 4 is 43.0 Å². The van der Waals surface area contributed by atoms with Crippen LogP contribution >= 0.6 is 27.3 Å². The first kappa shape index (κ1) is 15.4. The maximum atomic E-state index is 13.3. The molecule has 0 unspecified atom stereocenters. The Balaban J connectivity index is 2.37. The summed E-state index contributed by atoms with van der Waals surface area (Å²) in [4.78, 5) is 0.543. The lowest BCUT2D eigenvalue weighted by molar-refractivity contribution is 0.285. The van der Waals surface area contributed by atoms with Crippen molar-refractivity contribution in [2.45, 2.75) is 18.4 Å². The summed E-state index contributed by atoms with van der Waals surface area (Å²) >= 11 is 4.28. The second kappa shape index (κ2) is 5.80. The average Bonchev–Trinajstić information content (AvgIpc) is 2.69. The molecule has 0 saturated heterocycles. The fourth-order valence-electron chi connectivity index (χ4n) is 1.66. The molecule has 2 rings (SSSR count). The molecule has 0 radical (unpaired) electrons. The lowest BCUT2D eigenvalue weighted by atomic mass is 10.2. The summed E-state index contributed by atoms with van der Waals surface area (Å²) in [6.07, 6.45) is 0. The van der Waals surface area contributed by atoms with Gasteiger partial charge >= 0.3 is 0 Å². The molecule has 4 nitrogen and oxygen atoms in total. The Morgan fingerprint density at radius 2 is 2.05 bits per heavy atom. The molecule has 2 N–H and O–H groups in total. The van der Waals surface area contributed by atoms with Gasteiger partial charge in [-0.3, -0.25) is 4.72 Å². The first-order chi connectivity index (χ1) is 9.31. The zero-order valence-corrected chi connectivity index (χ0v) is 13.6. The highest BCUT2D eigenvalue weighted by molar-refractivity contribution is 9.11. The lowest BCUT2D eigenvalue weighted by Gasteiger charge is -2.08. The SMILES string of the molecule is Cc1cc(F)cc(NS(=O)(=O)c2cc(CO)sc2Br)c1. The summed E-state index contributed by atoms with van der Waals surface area (Å²) in [7, 11) is -3.83. The van der Waals surface area contributed by atoms with E-state index < -0.39 is 15.8 Å². The highest BCUT2D eigenvalue weighted by atomic mass is 79.9.